The molecule has 0 aliphatic carbocycles. The van der Waals surface area contributed by atoms with E-state index in [2.05, 4.69) is 0 Å². The molecule has 0 unspecified atom stereocenters. The Labute approximate surface area is 112 Å². The van der Waals surface area contributed by atoms with Crippen molar-refractivity contribution in [2.45, 2.75) is 33.7 Å². The largest absolute Gasteiger partial charge is 0.478 e. The SMILES string of the molecule is Cc1ccc2c(C)c(C)n(CCCO)c2c1C(=O)O. The molecule has 0 amide bonds. The van der Waals surface area contributed by atoms with Gasteiger partial charge in [-0.05, 0) is 38.3 Å². The summed E-state index contributed by atoms with van der Waals surface area (Å²) in [5.41, 5.74) is 4.08. The maximum absolute atomic E-state index is 11.5. The molecule has 102 valence electrons. The average molecular weight is 261 g/mol. The first-order chi connectivity index (χ1) is 8.99. The smallest absolute Gasteiger partial charge is 0.338 e. The van der Waals surface area contributed by atoms with Gasteiger partial charge in [0, 0.05) is 24.2 Å². The number of fused-ring (bicyclic) bond motifs is 1. The van der Waals surface area contributed by atoms with E-state index in [1.54, 1.807) is 0 Å². The molecule has 0 atom stereocenters. The Morgan fingerprint density at radius 2 is 1.95 bits per heavy atom. The van der Waals surface area contributed by atoms with Crippen LogP contribution in [0.2, 0.25) is 0 Å². The maximum atomic E-state index is 11.5. The van der Waals surface area contributed by atoms with Crippen LogP contribution in [0.15, 0.2) is 12.1 Å². The van der Waals surface area contributed by atoms with Crippen LogP contribution in [0.5, 0.6) is 0 Å². The summed E-state index contributed by atoms with van der Waals surface area (Å²) in [5, 5.41) is 19.4. The maximum Gasteiger partial charge on any atom is 0.338 e. The number of carboxylic acid groups (broad SMARTS) is 1. The number of hydrogen-bond acceptors (Lipinski definition) is 2. The van der Waals surface area contributed by atoms with Crippen molar-refractivity contribution in [3.63, 3.8) is 0 Å². The first-order valence-electron chi connectivity index (χ1n) is 6.42. The predicted octanol–water partition coefficient (Wildman–Crippen LogP) is 2.65. The van der Waals surface area contributed by atoms with E-state index < -0.39 is 5.97 Å². The summed E-state index contributed by atoms with van der Waals surface area (Å²) in [7, 11) is 0. The molecule has 2 rings (SSSR count). The van der Waals surface area contributed by atoms with Crippen LogP contribution in [0.4, 0.5) is 0 Å². The summed E-state index contributed by atoms with van der Waals surface area (Å²) in [6.45, 7) is 6.56. The van der Waals surface area contributed by atoms with Crippen molar-refractivity contribution in [2.75, 3.05) is 6.61 Å². The van der Waals surface area contributed by atoms with Gasteiger partial charge >= 0.3 is 5.97 Å². The van der Waals surface area contributed by atoms with Crippen LogP contribution in [-0.4, -0.2) is 27.4 Å². The quantitative estimate of drug-likeness (QED) is 0.889. The van der Waals surface area contributed by atoms with E-state index in [0.717, 1.165) is 27.7 Å². The summed E-state index contributed by atoms with van der Waals surface area (Å²) in [5.74, 6) is -0.897. The van der Waals surface area contributed by atoms with Crippen LogP contribution in [0.3, 0.4) is 0 Å². The number of aliphatic hydroxyl groups is 1. The van der Waals surface area contributed by atoms with E-state index in [1.165, 1.54) is 0 Å². The zero-order valence-electron chi connectivity index (χ0n) is 11.5. The number of benzene rings is 1. The van der Waals surface area contributed by atoms with Gasteiger partial charge in [0.15, 0.2) is 0 Å². The standard InChI is InChI=1S/C15H19NO3/c1-9-5-6-12-10(2)11(3)16(7-4-8-17)14(12)13(9)15(18)19/h5-6,17H,4,7-8H2,1-3H3,(H,18,19). The molecule has 2 N–H and O–H groups in total. The van der Waals surface area contributed by atoms with Crippen LogP contribution < -0.4 is 0 Å². The summed E-state index contributed by atoms with van der Waals surface area (Å²) in [6, 6.07) is 3.84. The molecule has 1 heterocycles. The second-order valence-electron chi connectivity index (χ2n) is 4.90. The minimum Gasteiger partial charge on any atom is -0.478 e. The summed E-state index contributed by atoms with van der Waals surface area (Å²) < 4.78 is 2.01. The molecule has 2 aromatic rings. The number of carbonyl (C=O) groups is 1. The summed E-state index contributed by atoms with van der Waals surface area (Å²) in [6.07, 6.45) is 0.622. The third kappa shape index (κ3) is 2.12. The van der Waals surface area contributed by atoms with Gasteiger partial charge < -0.3 is 14.8 Å². The van der Waals surface area contributed by atoms with Gasteiger partial charge in [-0.1, -0.05) is 12.1 Å². The van der Waals surface area contributed by atoms with Crippen LogP contribution in [0.1, 0.15) is 33.6 Å². The van der Waals surface area contributed by atoms with Crippen molar-refractivity contribution in [1.82, 2.24) is 4.57 Å². The van der Waals surface area contributed by atoms with E-state index in [9.17, 15) is 9.90 Å². The molecule has 0 saturated heterocycles. The molecule has 4 heteroatoms. The highest BCUT2D eigenvalue weighted by molar-refractivity contribution is 6.05. The monoisotopic (exact) mass is 261 g/mol. The van der Waals surface area contributed by atoms with Crippen molar-refractivity contribution in [2.24, 2.45) is 0 Å². The molecule has 19 heavy (non-hydrogen) atoms. The molecule has 0 aliphatic heterocycles. The first-order valence-corrected chi connectivity index (χ1v) is 6.42. The molecular formula is C15H19NO3. The van der Waals surface area contributed by atoms with Crippen molar-refractivity contribution in [3.8, 4) is 0 Å². The lowest BCUT2D eigenvalue weighted by molar-refractivity contribution is 0.0698. The Hall–Kier alpha value is -1.81. The van der Waals surface area contributed by atoms with E-state index in [1.807, 2.05) is 37.5 Å². The van der Waals surface area contributed by atoms with E-state index in [0.29, 0.717) is 18.5 Å². The van der Waals surface area contributed by atoms with Crippen molar-refractivity contribution in [1.29, 1.82) is 0 Å². The Morgan fingerprint density at radius 3 is 2.53 bits per heavy atom. The zero-order valence-corrected chi connectivity index (χ0v) is 11.5. The van der Waals surface area contributed by atoms with Gasteiger partial charge in [-0.15, -0.1) is 0 Å². The molecule has 0 spiro atoms. The average Bonchev–Trinajstić information content (AvgIpc) is 2.59. The molecule has 4 nitrogen and oxygen atoms in total. The number of aromatic carboxylic acids is 1. The number of nitrogens with zero attached hydrogens (tertiary/aromatic N) is 1. The Balaban J connectivity index is 2.82. The Kier molecular flexibility index (Phi) is 3.62. The van der Waals surface area contributed by atoms with Gasteiger partial charge in [0.2, 0.25) is 0 Å². The van der Waals surface area contributed by atoms with Crippen molar-refractivity contribution in [3.05, 3.63) is 34.5 Å². The second kappa shape index (κ2) is 5.05. The van der Waals surface area contributed by atoms with Gasteiger partial charge in [0.05, 0.1) is 11.1 Å². The number of aryl methyl sites for hydroxylation is 3. The molecular weight excluding hydrogens is 242 g/mol. The number of aromatic nitrogens is 1. The molecule has 1 aromatic heterocycles. The number of carboxylic acids is 1. The van der Waals surface area contributed by atoms with Gasteiger partial charge in [-0.25, -0.2) is 4.79 Å². The highest BCUT2D eigenvalue weighted by Gasteiger charge is 2.19. The molecule has 0 bridgehead atoms. The van der Waals surface area contributed by atoms with E-state index in [-0.39, 0.29) is 6.61 Å². The lowest BCUT2D eigenvalue weighted by Crippen LogP contribution is -2.08. The number of rotatable bonds is 4. The summed E-state index contributed by atoms with van der Waals surface area (Å²) in [4.78, 5) is 11.5. The van der Waals surface area contributed by atoms with Crippen LogP contribution in [0.25, 0.3) is 10.9 Å². The topological polar surface area (TPSA) is 62.5 Å². The highest BCUT2D eigenvalue weighted by Crippen LogP contribution is 2.30. The van der Waals surface area contributed by atoms with Gasteiger partial charge in [-0.2, -0.15) is 0 Å². The van der Waals surface area contributed by atoms with Gasteiger partial charge in [-0.3, -0.25) is 0 Å². The molecule has 1 aromatic carbocycles. The zero-order chi connectivity index (χ0) is 14.2. The Morgan fingerprint density at radius 1 is 1.26 bits per heavy atom. The van der Waals surface area contributed by atoms with Crippen molar-refractivity contribution < 1.29 is 15.0 Å². The van der Waals surface area contributed by atoms with Crippen LogP contribution in [-0.2, 0) is 6.54 Å². The van der Waals surface area contributed by atoms with Crippen LogP contribution in [0, 0.1) is 20.8 Å². The fourth-order valence-corrected chi connectivity index (χ4v) is 2.62. The molecule has 0 fully saturated rings. The fraction of sp³-hybridized carbons (Fsp3) is 0.400. The minimum atomic E-state index is -0.897. The fourth-order valence-electron chi connectivity index (χ4n) is 2.62. The Bertz CT molecular complexity index is 641. The summed E-state index contributed by atoms with van der Waals surface area (Å²) >= 11 is 0. The lowest BCUT2D eigenvalue weighted by atomic mass is 10.0. The van der Waals surface area contributed by atoms with E-state index >= 15 is 0 Å². The molecule has 0 aliphatic rings. The van der Waals surface area contributed by atoms with E-state index in [4.69, 9.17) is 5.11 Å². The highest BCUT2D eigenvalue weighted by atomic mass is 16.4. The lowest BCUT2D eigenvalue weighted by Gasteiger charge is -2.10. The van der Waals surface area contributed by atoms with Crippen LogP contribution >= 0.6 is 0 Å². The number of hydrogen-bond donors (Lipinski definition) is 2. The van der Waals surface area contributed by atoms with Gasteiger partial charge in [0.1, 0.15) is 0 Å². The third-order valence-electron chi connectivity index (χ3n) is 3.76. The number of aliphatic hydroxyl groups excluding tert-OH is 1. The normalized spacial score (nSPS) is 11.2. The first kappa shape index (κ1) is 13.6. The predicted molar refractivity (Wildman–Crippen MR) is 74.8 cm³/mol. The minimum absolute atomic E-state index is 0.104. The van der Waals surface area contributed by atoms with Crippen molar-refractivity contribution >= 4 is 16.9 Å². The van der Waals surface area contributed by atoms with Gasteiger partial charge in [0.25, 0.3) is 0 Å². The third-order valence-corrected chi connectivity index (χ3v) is 3.76. The molecule has 0 radical (unpaired) electrons. The molecule has 0 saturated carbocycles. The second-order valence-corrected chi connectivity index (χ2v) is 4.90.